The lowest BCUT2D eigenvalue weighted by molar-refractivity contribution is 1.30. The van der Waals surface area contributed by atoms with Crippen molar-refractivity contribution in [1.29, 1.82) is 0 Å². The molecule has 0 heterocycles. The summed E-state index contributed by atoms with van der Waals surface area (Å²) < 4.78 is 0. The van der Waals surface area contributed by atoms with Gasteiger partial charge in [-0.2, -0.15) is 0 Å². The van der Waals surface area contributed by atoms with Crippen LogP contribution in [0.3, 0.4) is 0 Å². The monoisotopic (exact) mass is 655 g/mol. The third-order valence-electron chi connectivity index (χ3n) is 9.60. The second kappa shape index (κ2) is 14.1. The lowest BCUT2D eigenvalue weighted by Gasteiger charge is -2.30. The Labute approximate surface area is 296 Å². The van der Waals surface area contributed by atoms with Crippen LogP contribution in [0.25, 0.3) is 28.0 Å². The molecule has 8 aromatic rings. The van der Waals surface area contributed by atoms with Crippen LogP contribution in [-0.2, 0) is 0 Å². The fourth-order valence-corrected chi connectivity index (χ4v) is 11.3. The summed E-state index contributed by atoms with van der Waals surface area (Å²) in [7, 11) is -2.46. The number of nitrogens with zero attached hydrogens (tertiary/aromatic N) is 1. The summed E-state index contributed by atoms with van der Waals surface area (Å²) in [5.41, 5.74) is 9.51. The Morgan fingerprint density at radius 3 is 1.36 bits per heavy atom. The first-order valence-corrected chi connectivity index (χ1v) is 19.3. The van der Waals surface area contributed by atoms with Crippen molar-refractivity contribution in [3.05, 3.63) is 224 Å². The van der Waals surface area contributed by atoms with Gasteiger partial charge < -0.3 is 4.90 Å². The first kappa shape index (κ1) is 31.1. The molecule has 8 aromatic carbocycles. The van der Waals surface area contributed by atoms with E-state index in [1.165, 1.54) is 48.7 Å². The second-order valence-electron chi connectivity index (χ2n) is 12.6. The zero-order valence-corrected chi connectivity index (χ0v) is 28.8. The summed E-state index contributed by atoms with van der Waals surface area (Å²) in [6, 6.07) is 76.7. The number of anilines is 3. The molecule has 1 nitrogen and oxygen atoms in total. The highest BCUT2D eigenvalue weighted by atomic mass is 28.3. The van der Waals surface area contributed by atoms with Gasteiger partial charge in [0.15, 0.2) is 8.07 Å². The maximum Gasteiger partial charge on any atom is 0.172 e. The van der Waals surface area contributed by atoms with Crippen LogP contribution in [0, 0.1) is 0 Å². The van der Waals surface area contributed by atoms with E-state index >= 15 is 0 Å². The van der Waals surface area contributed by atoms with Gasteiger partial charge >= 0.3 is 0 Å². The van der Waals surface area contributed by atoms with Gasteiger partial charge in [0.2, 0.25) is 0 Å². The summed E-state index contributed by atoms with van der Waals surface area (Å²) in [6.45, 7) is 0. The molecule has 0 saturated carbocycles. The molecule has 0 N–H and O–H groups in total. The summed E-state index contributed by atoms with van der Waals surface area (Å²) >= 11 is 0. The van der Waals surface area contributed by atoms with E-state index in [-0.39, 0.29) is 0 Å². The number of rotatable bonds is 9. The molecule has 0 atom stereocenters. The second-order valence-corrected chi connectivity index (χ2v) is 16.3. The van der Waals surface area contributed by atoms with Crippen LogP contribution >= 0.6 is 0 Å². The van der Waals surface area contributed by atoms with Crippen LogP contribution in [-0.4, -0.2) is 8.07 Å². The van der Waals surface area contributed by atoms with Crippen molar-refractivity contribution in [2.75, 3.05) is 4.90 Å². The first-order valence-electron chi connectivity index (χ1n) is 17.2. The van der Waals surface area contributed by atoms with E-state index in [0.717, 1.165) is 11.4 Å². The van der Waals surface area contributed by atoms with Crippen LogP contribution in [0.5, 0.6) is 0 Å². The molecule has 50 heavy (non-hydrogen) atoms. The van der Waals surface area contributed by atoms with E-state index in [1.54, 1.807) is 0 Å². The molecule has 0 fully saturated rings. The fraction of sp³-hybridized carbons (Fsp3) is 0. The minimum absolute atomic E-state index is 1.12. The highest BCUT2D eigenvalue weighted by molar-refractivity contribution is 7.15. The number of fused-ring (bicyclic) bond motifs is 1. The van der Waals surface area contributed by atoms with Crippen molar-refractivity contribution in [2.45, 2.75) is 0 Å². The lowest BCUT2D eigenvalue weighted by Crippen LogP contribution is -2.66. The molecule has 238 valence electrons. The molecule has 2 heteroatoms. The average Bonchev–Trinajstić information content (AvgIpc) is 3.21. The number of benzene rings is 8. The van der Waals surface area contributed by atoms with Crippen molar-refractivity contribution < 1.29 is 0 Å². The Morgan fingerprint density at radius 2 is 0.800 bits per heavy atom. The number of hydrogen-bond donors (Lipinski definition) is 0. The Bertz CT molecular complexity index is 2230. The van der Waals surface area contributed by atoms with Crippen molar-refractivity contribution in [1.82, 2.24) is 0 Å². The van der Waals surface area contributed by atoms with Gasteiger partial charge in [0.25, 0.3) is 0 Å². The van der Waals surface area contributed by atoms with Crippen LogP contribution in [0.15, 0.2) is 218 Å². The third kappa shape index (κ3) is 6.09. The molecule has 0 amide bonds. The van der Waals surface area contributed by atoms with E-state index in [4.69, 9.17) is 0 Å². The van der Waals surface area contributed by atoms with E-state index in [1.807, 2.05) is 0 Å². The first-order chi connectivity index (χ1) is 24.8. The van der Waals surface area contributed by atoms with Gasteiger partial charge in [-0.25, -0.2) is 0 Å². The summed E-state index contributed by atoms with van der Waals surface area (Å²) in [5, 5.41) is 6.58. The Hall–Kier alpha value is -6.22. The minimum atomic E-state index is -2.46. The van der Waals surface area contributed by atoms with Gasteiger partial charge in [0, 0.05) is 16.8 Å². The summed E-state index contributed by atoms with van der Waals surface area (Å²) in [5.74, 6) is 0. The molecule has 0 radical (unpaired) electrons. The van der Waals surface area contributed by atoms with Gasteiger partial charge in [-0.1, -0.05) is 194 Å². The molecular weight excluding hydrogens is 619 g/mol. The molecule has 0 aromatic heterocycles. The van der Waals surface area contributed by atoms with Crippen LogP contribution in [0.2, 0.25) is 0 Å². The van der Waals surface area contributed by atoms with E-state index in [0.29, 0.717) is 0 Å². The normalized spacial score (nSPS) is 11.5. The standard InChI is InChI=1S/C48H37NSi/c1-5-18-42(19-6-1)49(48-27-15-17-41-16-13-14-26-47(41)48)43-34-32-40(33-35-43)39-30-28-38(29-31-39)36-37-50(44-20-7-2-8-21-44,45-22-9-3-10-23-45)46-24-11-4-12-25-46/h1-37H/b37-36+. The number of para-hydroxylation sites is 1. The Morgan fingerprint density at radius 1 is 0.360 bits per heavy atom. The molecule has 0 aliphatic carbocycles. The molecule has 0 bridgehead atoms. The molecule has 8 rings (SSSR count). The molecule has 0 aliphatic rings. The van der Waals surface area contributed by atoms with Gasteiger partial charge in [-0.3, -0.25) is 0 Å². The van der Waals surface area contributed by atoms with Crippen LogP contribution in [0.1, 0.15) is 5.56 Å². The van der Waals surface area contributed by atoms with E-state index < -0.39 is 8.07 Å². The molecule has 0 saturated heterocycles. The topological polar surface area (TPSA) is 3.24 Å². The Kier molecular flexibility index (Phi) is 8.76. The van der Waals surface area contributed by atoms with Gasteiger partial charge in [0.1, 0.15) is 0 Å². The van der Waals surface area contributed by atoms with Crippen LogP contribution < -0.4 is 20.5 Å². The lowest BCUT2D eigenvalue weighted by atomic mass is 10.0. The van der Waals surface area contributed by atoms with Crippen molar-refractivity contribution in [3.8, 4) is 11.1 Å². The predicted octanol–water partition coefficient (Wildman–Crippen LogP) is 10.7. The predicted molar refractivity (Wildman–Crippen MR) is 217 cm³/mol. The van der Waals surface area contributed by atoms with Crippen LogP contribution in [0.4, 0.5) is 17.1 Å². The summed E-state index contributed by atoms with van der Waals surface area (Å²) in [6.07, 6.45) is 2.33. The van der Waals surface area contributed by atoms with E-state index in [9.17, 15) is 0 Å². The summed E-state index contributed by atoms with van der Waals surface area (Å²) in [4.78, 5) is 2.35. The third-order valence-corrected chi connectivity index (χ3v) is 14.0. The SMILES string of the molecule is C(=C\[Si](c1ccccc1)(c1ccccc1)c1ccccc1)/c1ccc(-c2ccc(N(c3ccccc3)c3cccc4ccccc34)cc2)cc1. The Balaban J connectivity index is 1.13. The maximum absolute atomic E-state index is 2.50. The minimum Gasteiger partial charge on any atom is -0.310 e. The zero-order valence-electron chi connectivity index (χ0n) is 27.8. The van der Waals surface area contributed by atoms with Gasteiger partial charge in [-0.15, -0.1) is 0 Å². The molecular formula is C48H37NSi. The smallest absolute Gasteiger partial charge is 0.172 e. The highest BCUT2D eigenvalue weighted by Crippen LogP contribution is 2.39. The van der Waals surface area contributed by atoms with Gasteiger partial charge in [-0.05, 0) is 68.0 Å². The largest absolute Gasteiger partial charge is 0.310 e. The fourth-order valence-electron chi connectivity index (χ4n) is 7.11. The zero-order chi connectivity index (χ0) is 33.6. The van der Waals surface area contributed by atoms with Crippen molar-refractivity contribution in [2.24, 2.45) is 0 Å². The number of hydrogen-bond acceptors (Lipinski definition) is 1. The van der Waals surface area contributed by atoms with E-state index in [2.05, 4.69) is 229 Å². The molecule has 0 aliphatic heterocycles. The van der Waals surface area contributed by atoms with Crippen molar-refractivity contribution in [3.63, 3.8) is 0 Å². The quantitative estimate of drug-likeness (QED) is 0.110. The molecule has 0 spiro atoms. The van der Waals surface area contributed by atoms with Crippen molar-refractivity contribution >= 4 is 57.5 Å². The van der Waals surface area contributed by atoms with Gasteiger partial charge in [0.05, 0.1) is 5.69 Å². The maximum atomic E-state index is 2.50. The molecule has 0 unspecified atom stereocenters. The highest BCUT2D eigenvalue weighted by Gasteiger charge is 2.36. The average molecular weight is 656 g/mol.